The number of carbonyl (C=O) groups excluding carboxylic acids is 1. The highest BCUT2D eigenvalue weighted by atomic mass is 16.2. The Kier molecular flexibility index (Phi) is 6.88. The number of hydrogen-bond donors (Lipinski definition) is 0. The van der Waals surface area contributed by atoms with Crippen molar-refractivity contribution in [1.29, 1.82) is 0 Å². The van der Waals surface area contributed by atoms with E-state index in [1.54, 1.807) is 0 Å². The molecule has 2 aromatic rings. The maximum atomic E-state index is 12.8. The molecule has 0 aromatic heterocycles. The Labute approximate surface area is 158 Å². The first-order chi connectivity index (χ1) is 12.8. The van der Waals surface area contributed by atoms with E-state index < -0.39 is 0 Å². The Morgan fingerprint density at radius 3 is 2.23 bits per heavy atom. The molecule has 0 N–H and O–H groups in total. The second kappa shape index (κ2) is 9.56. The van der Waals surface area contributed by atoms with E-state index in [0.717, 1.165) is 25.1 Å². The van der Waals surface area contributed by atoms with Gasteiger partial charge in [0.25, 0.3) is 0 Å². The van der Waals surface area contributed by atoms with Gasteiger partial charge < -0.3 is 4.90 Å². The number of carbonyl (C=O) groups is 1. The van der Waals surface area contributed by atoms with Gasteiger partial charge in [0.1, 0.15) is 0 Å². The van der Waals surface area contributed by atoms with Crippen molar-refractivity contribution in [3.05, 3.63) is 54.6 Å². The average molecular weight is 350 g/mol. The standard InChI is InChI=1S/C24H31NO/c1-2-3-4-5-6-8-13-22-18-19-25(24(22)26)23-16-14-21(15-17-23)20-11-9-7-10-12-20/h7,9-12,14-17,22H,2-6,8,13,18-19H2,1H3/t22-/m0/s1. The topological polar surface area (TPSA) is 20.3 Å². The van der Waals surface area contributed by atoms with Crippen LogP contribution in [0.5, 0.6) is 0 Å². The summed E-state index contributed by atoms with van der Waals surface area (Å²) in [5, 5.41) is 0. The lowest BCUT2D eigenvalue weighted by atomic mass is 9.99. The zero-order valence-corrected chi connectivity index (χ0v) is 16.0. The molecule has 1 atom stereocenters. The van der Waals surface area contributed by atoms with Crippen LogP contribution in [0.2, 0.25) is 0 Å². The van der Waals surface area contributed by atoms with E-state index in [9.17, 15) is 4.79 Å². The predicted octanol–water partition coefficient (Wildman–Crippen LogP) is 6.46. The van der Waals surface area contributed by atoms with Crippen molar-refractivity contribution in [3.8, 4) is 11.1 Å². The van der Waals surface area contributed by atoms with E-state index in [0.29, 0.717) is 5.91 Å². The van der Waals surface area contributed by atoms with Crippen molar-refractivity contribution in [1.82, 2.24) is 0 Å². The van der Waals surface area contributed by atoms with E-state index in [-0.39, 0.29) is 5.92 Å². The summed E-state index contributed by atoms with van der Waals surface area (Å²) in [5.74, 6) is 0.556. The third-order valence-corrected chi connectivity index (χ3v) is 5.51. The Morgan fingerprint density at radius 2 is 1.50 bits per heavy atom. The molecule has 3 rings (SSSR count). The first-order valence-corrected chi connectivity index (χ1v) is 10.3. The minimum atomic E-state index is 0.231. The van der Waals surface area contributed by atoms with Gasteiger partial charge in [-0.05, 0) is 36.1 Å². The number of anilines is 1. The Bertz CT molecular complexity index is 677. The van der Waals surface area contributed by atoms with Gasteiger partial charge >= 0.3 is 0 Å². The molecule has 2 nitrogen and oxygen atoms in total. The molecule has 1 heterocycles. The molecule has 0 unspecified atom stereocenters. The quantitative estimate of drug-likeness (QED) is 0.476. The summed E-state index contributed by atoms with van der Waals surface area (Å²) in [7, 11) is 0. The van der Waals surface area contributed by atoms with Crippen molar-refractivity contribution in [2.24, 2.45) is 5.92 Å². The van der Waals surface area contributed by atoms with Crippen LogP contribution in [0.15, 0.2) is 54.6 Å². The van der Waals surface area contributed by atoms with E-state index in [4.69, 9.17) is 0 Å². The van der Waals surface area contributed by atoms with Gasteiger partial charge in [-0.25, -0.2) is 0 Å². The number of nitrogens with zero attached hydrogens (tertiary/aromatic N) is 1. The molecule has 0 radical (unpaired) electrons. The minimum Gasteiger partial charge on any atom is -0.312 e. The molecule has 0 bridgehead atoms. The summed E-state index contributed by atoms with van der Waals surface area (Å²) < 4.78 is 0. The van der Waals surface area contributed by atoms with Crippen LogP contribution in [0.25, 0.3) is 11.1 Å². The zero-order valence-electron chi connectivity index (χ0n) is 16.0. The molecule has 1 aliphatic rings. The molecule has 26 heavy (non-hydrogen) atoms. The van der Waals surface area contributed by atoms with Crippen molar-refractivity contribution in [2.45, 2.75) is 58.3 Å². The summed E-state index contributed by atoms with van der Waals surface area (Å²) in [4.78, 5) is 14.7. The van der Waals surface area contributed by atoms with E-state index in [2.05, 4.69) is 55.5 Å². The molecular formula is C24H31NO. The van der Waals surface area contributed by atoms with Crippen LogP contribution in [0, 0.1) is 5.92 Å². The molecule has 2 heteroatoms. The van der Waals surface area contributed by atoms with Crippen molar-refractivity contribution < 1.29 is 4.79 Å². The van der Waals surface area contributed by atoms with Gasteiger partial charge in [-0.1, -0.05) is 87.9 Å². The third-order valence-electron chi connectivity index (χ3n) is 5.51. The van der Waals surface area contributed by atoms with Crippen LogP contribution in [-0.4, -0.2) is 12.5 Å². The number of hydrogen-bond acceptors (Lipinski definition) is 1. The van der Waals surface area contributed by atoms with E-state index in [1.807, 2.05) is 11.0 Å². The molecular weight excluding hydrogens is 318 g/mol. The summed E-state index contributed by atoms with van der Waals surface area (Å²) in [6.07, 6.45) is 9.83. The zero-order chi connectivity index (χ0) is 18.2. The third kappa shape index (κ3) is 4.75. The first kappa shape index (κ1) is 18.7. The predicted molar refractivity (Wildman–Crippen MR) is 110 cm³/mol. The van der Waals surface area contributed by atoms with Crippen LogP contribution in [0.4, 0.5) is 5.69 Å². The van der Waals surface area contributed by atoms with Gasteiger partial charge in [0.05, 0.1) is 0 Å². The van der Waals surface area contributed by atoms with Crippen LogP contribution in [0.3, 0.4) is 0 Å². The van der Waals surface area contributed by atoms with Crippen LogP contribution >= 0.6 is 0 Å². The molecule has 0 aliphatic carbocycles. The lowest BCUT2D eigenvalue weighted by Gasteiger charge is -2.17. The van der Waals surface area contributed by atoms with E-state index in [1.165, 1.54) is 49.7 Å². The van der Waals surface area contributed by atoms with Gasteiger partial charge in [-0.15, -0.1) is 0 Å². The maximum absolute atomic E-state index is 12.8. The number of rotatable bonds is 9. The second-order valence-corrected chi connectivity index (χ2v) is 7.44. The lowest BCUT2D eigenvalue weighted by molar-refractivity contribution is -0.120. The highest BCUT2D eigenvalue weighted by Gasteiger charge is 2.31. The fourth-order valence-electron chi connectivity index (χ4n) is 3.90. The van der Waals surface area contributed by atoms with Gasteiger partial charge in [-0.3, -0.25) is 4.79 Å². The summed E-state index contributed by atoms with van der Waals surface area (Å²) >= 11 is 0. The maximum Gasteiger partial charge on any atom is 0.230 e. The Hall–Kier alpha value is -2.09. The molecule has 1 amide bonds. The lowest BCUT2D eigenvalue weighted by Crippen LogP contribution is -2.26. The van der Waals surface area contributed by atoms with Crippen molar-refractivity contribution in [3.63, 3.8) is 0 Å². The molecule has 1 aliphatic heterocycles. The molecule has 1 saturated heterocycles. The smallest absolute Gasteiger partial charge is 0.230 e. The summed E-state index contributed by atoms with van der Waals surface area (Å²) in [5.41, 5.74) is 3.46. The molecule has 138 valence electrons. The Morgan fingerprint density at radius 1 is 0.846 bits per heavy atom. The number of unbranched alkanes of at least 4 members (excludes halogenated alkanes) is 5. The van der Waals surface area contributed by atoms with Gasteiger partial charge in [-0.2, -0.15) is 0 Å². The minimum absolute atomic E-state index is 0.231. The Balaban J connectivity index is 1.51. The van der Waals surface area contributed by atoms with Crippen LogP contribution in [0.1, 0.15) is 58.3 Å². The number of amides is 1. The first-order valence-electron chi connectivity index (χ1n) is 10.3. The van der Waals surface area contributed by atoms with Gasteiger partial charge in [0.15, 0.2) is 0 Å². The fourth-order valence-corrected chi connectivity index (χ4v) is 3.90. The van der Waals surface area contributed by atoms with Crippen LogP contribution in [-0.2, 0) is 4.79 Å². The highest BCUT2D eigenvalue weighted by Crippen LogP contribution is 2.30. The second-order valence-electron chi connectivity index (χ2n) is 7.44. The fraction of sp³-hybridized carbons (Fsp3) is 0.458. The summed E-state index contributed by atoms with van der Waals surface area (Å²) in [6, 6.07) is 18.8. The van der Waals surface area contributed by atoms with E-state index >= 15 is 0 Å². The highest BCUT2D eigenvalue weighted by molar-refractivity contribution is 5.97. The van der Waals surface area contributed by atoms with Crippen molar-refractivity contribution >= 4 is 11.6 Å². The molecule has 0 spiro atoms. The number of benzene rings is 2. The SMILES string of the molecule is CCCCCCCC[C@H]1CCN(c2ccc(-c3ccccc3)cc2)C1=O. The van der Waals surface area contributed by atoms with Crippen molar-refractivity contribution in [2.75, 3.05) is 11.4 Å². The molecule has 2 aromatic carbocycles. The summed E-state index contributed by atoms with van der Waals surface area (Å²) in [6.45, 7) is 3.11. The average Bonchev–Trinajstić information content (AvgIpc) is 3.06. The largest absolute Gasteiger partial charge is 0.312 e. The normalized spacial score (nSPS) is 17.0. The molecule has 1 fully saturated rings. The van der Waals surface area contributed by atoms with Crippen LogP contribution < -0.4 is 4.90 Å². The molecule has 0 saturated carbocycles. The monoisotopic (exact) mass is 349 g/mol. The van der Waals surface area contributed by atoms with Gasteiger partial charge in [0.2, 0.25) is 5.91 Å². The van der Waals surface area contributed by atoms with Gasteiger partial charge in [0, 0.05) is 18.2 Å².